The molecule has 2 aromatic rings. The molecule has 8 heteroatoms. The van der Waals surface area contributed by atoms with E-state index in [0.29, 0.717) is 38.4 Å². The van der Waals surface area contributed by atoms with Crippen LogP contribution in [0.25, 0.3) is 11.4 Å². The first kappa shape index (κ1) is 19.5. The van der Waals surface area contributed by atoms with Crippen molar-refractivity contribution < 1.29 is 18.3 Å². The summed E-state index contributed by atoms with van der Waals surface area (Å²) >= 11 is 0. The van der Waals surface area contributed by atoms with Gasteiger partial charge in [0.05, 0.1) is 24.9 Å². The number of aromatic nitrogens is 2. The number of rotatable bonds is 2. The van der Waals surface area contributed by atoms with Crippen LogP contribution in [0.4, 0.5) is 8.78 Å². The van der Waals surface area contributed by atoms with Gasteiger partial charge in [-0.05, 0) is 24.8 Å². The molecule has 1 aromatic carbocycles. The van der Waals surface area contributed by atoms with Crippen molar-refractivity contribution in [3.63, 3.8) is 0 Å². The predicted molar refractivity (Wildman–Crippen MR) is 106 cm³/mol. The molecule has 1 spiro atoms. The average molecular weight is 414 g/mol. The number of piperidine rings is 1. The number of ether oxygens (including phenoxy) is 1. The fourth-order valence-corrected chi connectivity index (χ4v) is 4.72. The molecular weight excluding hydrogens is 390 g/mol. The number of benzene rings is 1. The van der Waals surface area contributed by atoms with E-state index in [0.717, 1.165) is 23.2 Å². The van der Waals surface area contributed by atoms with Gasteiger partial charge in [-0.15, -0.1) is 0 Å². The van der Waals surface area contributed by atoms with Crippen LogP contribution in [0.3, 0.4) is 0 Å². The summed E-state index contributed by atoms with van der Waals surface area (Å²) in [5.74, 6) is -2.39. The summed E-state index contributed by atoms with van der Waals surface area (Å²) in [6, 6.07) is 9.01. The Morgan fingerprint density at radius 2 is 1.97 bits per heavy atom. The summed E-state index contributed by atoms with van der Waals surface area (Å²) in [5, 5.41) is 2.66. The maximum absolute atomic E-state index is 13.5. The monoisotopic (exact) mass is 414 g/mol. The SMILES string of the molecule is O=C([C@@H]1CC(F)(F)CN1)N1CCC2(CC1)OCCc1cnc(-c3ccccc3)nc12. The zero-order chi connectivity index (χ0) is 20.8. The molecule has 2 fully saturated rings. The Kier molecular flexibility index (Phi) is 4.78. The molecule has 0 saturated carbocycles. The Labute approximate surface area is 173 Å². The Hall–Kier alpha value is -2.45. The number of carbonyl (C=O) groups excluding carboxylic acids is 1. The van der Waals surface area contributed by atoms with Crippen LogP contribution in [-0.4, -0.2) is 59.0 Å². The number of alkyl halides is 2. The van der Waals surface area contributed by atoms with Crippen LogP contribution in [0, 0.1) is 0 Å². The van der Waals surface area contributed by atoms with E-state index < -0.39 is 30.5 Å². The summed E-state index contributed by atoms with van der Waals surface area (Å²) in [6.07, 6.45) is 3.41. The topological polar surface area (TPSA) is 67.4 Å². The van der Waals surface area contributed by atoms with Gasteiger partial charge in [-0.25, -0.2) is 18.7 Å². The van der Waals surface area contributed by atoms with E-state index in [4.69, 9.17) is 9.72 Å². The molecule has 0 aliphatic carbocycles. The van der Waals surface area contributed by atoms with Gasteiger partial charge in [0.15, 0.2) is 5.82 Å². The third kappa shape index (κ3) is 3.48. The van der Waals surface area contributed by atoms with Gasteiger partial charge in [0.2, 0.25) is 5.91 Å². The smallest absolute Gasteiger partial charge is 0.262 e. The molecule has 1 atom stereocenters. The lowest BCUT2D eigenvalue weighted by atomic mass is 9.83. The zero-order valence-corrected chi connectivity index (χ0v) is 16.6. The van der Waals surface area contributed by atoms with E-state index in [2.05, 4.69) is 10.3 Å². The van der Waals surface area contributed by atoms with Gasteiger partial charge in [-0.2, -0.15) is 0 Å². The first-order chi connectivity index (χ1) is 14.5. The maximum Gasteiger partial charge on any atom is 0.262 e. The van der Waals surface area contributed by atoms with Crippen LogP contribution in [-0.2, 0) is 21.6 Å². The molecule has 0 unspecified atom stereocenters. The molecule has 5 rings (SSSR count). The van der Waals surface area contributed by atoms with Crippen molar-refractivity contribution in [1.29, 1.82) is 0 Å². The van der Waals surface area contributed by atoms with E-state index in [9.17, 15) is 13.6 Å². The van der Waals surface area contributed by atoms with Crippen molar-refractivity contribution in [1.82, 2.24) is 20.2 Å². The van der Waals surface area contributed by atoms with Crippen molar-refractivity contribution in [3.05, 3.63) is 47.8 Å². The maximum atomic E-state index is 13.5. The lowest BCUT2D eigenvalue weighted by Crippen LogP contribution is -2.52. The van der Waals surface area contributed by atoms with E-state index in [-0.39, 0.29) is 5.91 Å². The highest BCUT2D eigenvalue weighted by Crippen LogP contribution is 2.41. The van der Waals surface area contributed by atoms with Gasteiger partial charge in [0.25, 0.3) is 5.92 Å². The molecule has 6 nitrogen and oxygen atoms in total. The number of carbonyl (C=O) groups is 1. The Morgan fingerprint density at radius 3 is 2.67 bits per heavy atom. The lowest BCUT2D eigenvalue weighted by Gasteiger charge is -2.44. The van der Waals surface area contributed by atoms with Crippen LogP contribution in [0.2, 0.25) is 0 Å². The molecule has 30 heavy (non-hydrogen) atoms. The lowest BCUT2D eigenvalue weighted by molar-refractivity contribution is -0.143. The second-order valence-corrected chi connectivity index (χ2v) is 8.35. The molecule has 3 aliphatic heterocycles. The molecule has 158 valence electrons. The van der Waals surface area contributed by atoms with Crippen molar-refractivity contribution in [2.45, 2.75) is 43.2 Å². The van der Waals surface area contributed by atoms with Crippen LogP contribution >= 0.6 is 0 Å². The number of fused-ring (bicyclic) bond motifs is 2. The van der Waals surface area contributed by atoms with Crippen molar-refractivity contribution in [2.75, 3.05) is 26.2 Å². The fraction of sp³-hybridized carbons (Fsp3) is 0.500. The van der Waals surface area contributed by atoms with Crippen molar-refractivity contribution >= 4 is 5.91 Å². The normalized spacial score (nSPS) is 24.6. The van der Waals surface area contributed by atoms with Gasteiger partial charge in [0.1, 0.15) is 5.60 Å². The summed E-state index contributed by atoms with van der Waals surface area (Å²) in [6.45, 7) is 1.08. The largest absolute Gasteiger partial charge is 0.368 e. The summed E-state index contributed by atoms with van der Waals surface area (Å²) in [7, 11) is 0. The number of nitrogens with one attached hydrogen (secondary N) is 1. The number of halogens is 2. The molecular formula is C22H24F2N4O2. The van der Waals surface area contributed by atoms with Crippen molar-refractivity contribution in [2.24, 2.45) is 0 Å². The highest BCUT2D eigenvalue weighted by molar-refractivity contribution is 5.82. The van der Waals surface area contributed by atoms with E-state index >= 15 is 0 Å². The van der Waals surface area contributed by atoms with E-state index in [1.54, 1.807) is 4.90 Å². The van der Waals surface area contributed by atoms with E-state index in [1.807, 2.05) is 36.5 Å². The second kappa shape index (κ2) is 7.35. The Balaban J connectivity index is 1.36. The summed E-state index contributed by atoms with van der Waals surface area (Å²) in [4.78, 5) is 23.8. The van der Waals surface area contributed by atoms with Crippen LogP contribution in [0.5, 0.6) is 0 Å². The number of likely N-dealkylation sites (tertiary alicyclic amines) is 1. The number of nitrogens with zero attached hydrogens (tertiary/aromatic N) is 3. The number of amides is 1. The van der Waals surface area contributed by atoms with Crippen LogP contribution < -0.4 is 5.32 Å². The number of hydrogen-bond donors (Lipinski definition) is 1. The van der Waals surface area contributed by atoms with E-state index in [1.165, 1.54) is 0 Å². The molecule has 2 saturated heterocycles. The standard InChI is InChI=1S/C22H24F2N4O2/c23-22(24)12-17(26-14-22)20(29)28-9-7-21(8-10-28)18-16(6-11-30-21)13-25-19(27-18)15-4-2-1-3-5-15/h1-5,13,17,26H,6-12,14H2/t17-/m0/s1. The van der Waals surface area contributed by atoms with Gasteiger partial charge in [0, 0.05) is 31.3 Å². The minimum atomic E-state index is -2.81. The average Bonchev–Trinajstić information content (AvgIpc) is 3.14. The summed E-state index contributed by atoms with van der Waals surface area (Å²) in [5.41, 5.74) is 2.38. The van der Waals surface area contributed by atoms with Crippen LogP contribution in [0.1, 0.15) is 30.5 Å². The Morgan fingerprint density at radius 1 is 1.20 bits per heavy atom. The minimum absolute atomic E-state index is 0.245. The summed E-state index contributed by atoms with van der Waals surface area (Å²) < 4.78 is 33.2. The molecule has 1 amide bonds. The molecule has 4 heterocycles. The van der Waals surface area contributed by atoms with Crippen LogP contribution in [0.15, 0.2) is 36.5 Å². The third-order valence-electron chi connectivity index (χ3n) is 6.37. The highest BCUT2D eigenvalue weighted by atomic mass is 19.3. The predicted octanol–water partition coefficient (Wildman–Crippen LogP) is 2.53. The van der Waals surface area contributed by atoms with Gasteiger partial charge in [-0.3, -0.25) is 10.1 Å². The number of hydrogen-bond acceptors (Lipinski definition) is 5. The third-order valence-corrected chi connectivity index (χ3v) is 6.37. The molecule has 3 aliphatic rings. The quantitative estimate of drug-likeness (QED) is 0.818. The minimum Gasteiger partial charge on any atom is -0.368 e. The molecule has 1 N–H and O–H groups in total. The Bertz CT molecular complexity index is 945. The van der Waals surface area contributed by atoms with Gasteiger partial charge >= 0.3 is 0 Å². The van der Waals surface area contributed by atoms with Crippen molar-refractivity contribution in [3.8, 4) is 11.4 Å². The molecule has 0 bridgehead atoms. The first-order valence-electron chi connectivity index (χ1n) is 10.4. The fourth-order valence-electron chi connectivity index (χ4n) is 4.72. The van der Waals surface area contributed by atoms with Gasteiger partial charge < -0.3 is 9.64 Å². The first-order valence-corrected chi connectivity index (χ1v) is 10.4. The second-order valence-electron chi connectivity index (χ2n) is 8.35. The highest BCUT2D eigenvalue weighted by Gasteiger charge is 2.47. The molecule has 0 radical (unpaired) electrons. The van der Waals surface area contributed by atoms with Gasteiger partial charge in [-0.1, -0.05) is 30.3 Å². The zero-order valence-electron chi connectivity index (χ0n) is 16.6. The molecule has 1 aromatic heterocycles.